The van der Waals surface area contributed by atoms with Crippen LogP contribution in [0.4, 0.5) is 17.1 Å². The summed E-state index contributed by atoms with van der Waals surface area (Å²) in [6.07, 6.45) is 0. The minimum absolute atomic E-state index is 0.122. The van der Waals surface area contributed by atoms with E-state index in [9.17, 15) is 10.1 Å². The predicted molar refractivity (Wildman–Crippen MR) is 78.7 cm³/mol. The first-order valence-electron chi connectivity index (χ1n) is 6.21. The van der Waals surface area contributed by atoms with Gasteiger partial charge in [-0.25, -0.2) is 4.68 Å². The lowest BCUT2D eigenvalue weighted by Crippen LogP contribution is -2.09. The van der Waals surface area contributed by atoms with Gasteiger partial charge in [0.05, 0.1) is 10.4 Å². The molecule has 0 amide bonds. The third-order valence-corrected chi connectivity index (χ3v) is 3.08. The molecule has 8 heteroatoms. The van der Waals surface area contributed by atoms with E-state index < -0.39 is 4.92 Å². The number of fused-ring (bicyclic) bond motifs is 1. The van der Waals surface area contributed by atoms with Crippen LogP contribution in [-0.2, 0) is 6.67 Å². The second kappa shape index (κ2) is 5.08. The van der Waals surface area contributed by atoms with E-state index in [0.29, 0.717) is 12.4 Å². The molecule has 0 aliphatic rings. The monoisotopic (exact) mass is 284 g/mol. The van der Waals surface area contributed by atoms with Gasteiger partial charge < -0.3 is 11.1 Å². The van der Waals surface area contributed by atoms with E-state index >= 15 is 0 Å². The summed E-state index contributed by atoms with van der Waals surface area (Å²) in [4.78, 5) is 10.3. The molecule has 0 aliphatic carbocycles. The maximum Gasteiger partial charge on any atom is 0.294 e. The minimum atomic E-state index is -0.509. The van der Waals surface area contributed by atoms with Gasteiger partial charge in [-0.15, -0.1) is 5.10 Å². The highest BCUT2D eigenvalue weighted by Gasteiger charge is 2.12. The van der Waals surface area contributed by atoms with E-state index in [-0.39, 0.29) is 11.4 Å². The minimum Gasteiger partial charge on any atom is -0.393 e. The van der Waals surface area contributed by atoms with E-state index in [0.717, 1.165) is 11.0 Å². The lowest BCUT2D eigenvalue weighted by Gasteiger charge is -2.07. The number of hydrogen-bond acceptors (Lipinski definition) is 6. The summed E-state index contributed by atoms with van der Waals surface area (Å²) in [6.45, 7) is 0.349. The molecule has 0 atom stereocenters. The first-order chi connectivity index (χ1) is 10.1. The molecule has 1 heterocycles. The molecule has 3 rings (SSSR count). The smallest absolute Gasteiger partial charge is 0.294 e. The Morgan fingerprint density at radius 1 is 1.29 bits per heavy atom. The summed E-state index contributed by atoms with van der Waals surface area (Å²) in [7, 11) is 0. The Balaban J connectivity index is 1.82. The van der Waals surface area contributed by atoms with Crippen molar-refractivity contribution in [3.63, 3.8) is 0 Å². The van der Waals surface area contributed by atoms with Crippen molar-refractivity contribution in [2.45, 2.75) is 6.67 Å². The lowest BCUT2D eigenvalue weighted by atomic mass is 10.2. The van der Waals surface area contributed by atoms with Gasteiger partial charge in [-0.3, -0.25) is 10.1 Å². The summed E-state index contributed by atoms with van der Waals surface area (Å²) >= 11 is 0. The highest BCUT2D eigenvalue weighted by atomic mass is 16.6. The fraction of sp³-hybridized carbons (Fsp3) is 0.0769. The number of nitro groups is 1. The van der Waals surface area contributed by atoms with Crippen molar-refractivity contribution < 1.29 is 4.92 Å². The number of benzene rings is 2. The lowest BCUT2D eigenvalue weighted by molar-refractivity contribution is -0.383. The van der Waals surface area contributed by atoms with Crippen LogP contribution in [0.3, 0.4) is 0 Å². The van der Waals surface area contributed by atoms with Crippen LogP contribution in [-0.4, -0.2) is 19.9 Å². The van der Waals surface area contributed by atoms with Crippen LogP contribution in [0.5, 0.6) is 0 Å². The van der Waals surface area contributed by atoms with E-state index in [4.69, 9.17) is 5.73 Å². The number of hydrogen-bond donors (Lipinski definition) is 2. The predicted octanol–water partition coefficient (Wildman–Crippen LogP) is 1.99. The quantitative estimate of drug-likeness (QED) is 0.430. The van der Waals surface area contributed by atoms with Crippen LogP contribution in [0.1, 0.15) is 0 Å². The summed E-state index contributed by atoms with van der Waals surface area (Å²) < 4.78 is 1.68. The van der Waals surface area contributed by atoms with Crippen molar-refractivity contribution >= 4 is 28.1 Å². The van der Waals surface area contributed by atoms with Gasteiger partial charge in [-0.2, -0.15) is 0 Å². The van der Waals surface area contributed by atoms with Gasteiger partial charge in [0.25, 0.3) is 5.69 Å². The molecular formula is C13H12N6O2. The van der Waals surface area contributed by atoms with Gasteiger partial charge in [-0.1, -0.05) is 17.3 Å². The van der Waals surface area contributed by atoms with Crippen LogP contribution in [0.2, 0.25) is 0 Å². The van der Waals surface area contributed by atoms with Crippen LogP contribution >= 0.6 is 0 Å². The topological polar surface area (TPSA) is 112 Å². The van der Waals surface area contributed by atoms with Crippen molar-refractivity contribution in [2.24, 2.45) is 0 Å². The number of rotatable bonds is 4. The molecule has 8 nitrogen and oxygen atoms in total. The SMILES string of the molecule is Nc1ccc(NCn2nnc3ccccc32)cc1[N+](=O)[O-]. The molecule has 1 aromatic heterocycles. The van der Waals surface area contributed by atoms with Gasteiger partial charge in [-0.05, 0) is 24.3 Å². The molecular weight excluding hydrogens is 272 g/mol. The van der Waals surface area contributed by atoms with Gasteiger partial charge in [0.1, 0.15) is 17.9 Å². The number of nitro benzene ring substituents is 1. The average molecular weight is 284 g/mol. The number of para-hydroxylation sites is 1. The molecule has 0 saturated heterocycles. The normalized spacial score (nSPS) is 10.7. The standard InChI is InChI=1S/C13H12N6O2/c14-10-6-5-9(7-13(10)19(20)21)15-8-18-12-4-2-1-3-11(12)16-17-18/h1-7,15H,8,14H2. The number of nitrogens with zero attached hydrogens (tertiary/aromatic N) is 4. The molecule has 2 aromatic carbocycles. The van der Waals surface area contributed by atoms with Gasteiger partial charge >= 0.3 is 0 Å². The van der Waals surface area contributed by atoms with Crippen molar-refractivity contribution in [1.82, 2.24) is 15.0 Å². The van der Waals surface area contributed by atoms with Crippen molar-refractivity contribution in [3.8, 4) is 0 Å². The summed E-state index contributed by atoms with van der Waals surface area (Å²) in [5.41, 5.74) is 7.84. The maximum atomic E-state index is 10.9. The van der Waals surface area contributed by atoms with Crippen molar-refractivity contribution in [2.75, 3.05) is 11.1 Å². The molecule has 106 valence electrons. The van der Waals surface area contributed by atoms with Crippen molar-refractivity contribution in [3.05, 3.63) is 52.6 Å². The Labute approximate surface area is 119 Å². The van der Waals surface area contributed by atoms with Crippen LogP contribution in [0.25, 0.3) is 11.0 Å². The Hall–Kier alpha value is -3.16. The number of aromatic nitrogens is 3. The van der Waals surface area contributed by atoms with Crippen LogP contribution in [0, 0.1) is 10.1 Å². The van der Waals surface area contributed by atoms with E-state index in [1.807, 2.05) is 24.3 Å². The Morgan fingerprint density at radius 2 is 2.10 bits per heavy atom. The van der Waals surface area contributed by atoms with Crippen LogP contribution < -0.4 is 11.1 Å². The molecule has 0 radical (unpaired) electrons. The molecule has 3 aromatic rings. The highest BCUT2D eigenvalue weighted by molar-refractivity contribution is 5.74. The number of nitrogens with two attached hydrogens (primary N) is 1. The summed E-state index contributed by atoms with van der Waals surface area (Å²) in [5.74, 6) is 0. The number of nitrogen functional groups attached to an aromatic ring is 1. The number of nitrogens with one attached hydrogen (secondary N) is 1. The van der Waals surface area contributed by atoms with Gasteiger partial charge in [0, 0.05) is 11.8 Å². The zero-order valence-corrected chi connectivity index (χ0v) is 10.9. The van der Waals surface area contributed by atoms with E-state index in [2.05, 4.69) is 15.6 Å². The molecule has 0 bridgehead atoms. The van der Waals surface area contributed by atoms with Gasteiger partial charge in [0.15, 0.2) is 0 Å². The molecule has 0 fully saturated rings. The molecule has 3 N–H and O–H groups in total. The number of anilines is 2. The molecule has 21 heavy (non-hydrogen) atoms. The third kappa shape index (κ3) is 2.46. The maximum absolute atomic E-state index is 10.9. The first kappa shape index (κ1) is 12.9. The summed E-state index contributed by atoms with van der Waals surface area (Å²) in [6, 6.07) is 12.1. The van der Waals surface area contributed by atoms with E-state index in [1.165, 1.54) is 12.1 Å². The molecule has 0 spiro atoms. The zero-order valence-electron chi connectivity index (χ0n) is 10.9. The Morgan fingerprint density at radius 3 is 2.90 bits per heavy atom. The van der Waals surface area contributed by atoms with E-state index in [1.54, 1.807) is 10.7 Å². The highest BCUT2D eigenvalue weighted by Crippen LogP contribution is 2.25. The molecule has 0 unspecified atom stereocenters. The second-order valence-corrected chi connectivity index (χ2v) is 4.44. The largest absolute Gasteiger partial charge is 0.393 e. The molecule has 0 saturated carbocycles. The first-order valence-corrected chi connectivity index (χ1v) is 6.21. The average Bonchev–Trinajstić information content (AvgIpc) is 2.89. The zero-order chi connectivity index (χ0) is 14.8. The Bertz CT molecular complexity index is 813. The third-order valence-electron chi connectivity index (χ3n) is 3.08. The molecule has 0 aliphatic heterocycles. The fourth-order valence-electron chi connectivity index (χ4n) is 2.01. The Kier molecular flexibility index (Phi) is 3.11. The van der Waals surface area contributed by atoms with Crippen molar-refractivity contribution in [1.29, 1.82) is 0 Å². The van der Waals surface area contributed by atoms with Crippen LogP contribution in [0.15, 0.2) is 42.5 Å². The summed E-state index contributed by atoms with van der Waals surface area (Å²) in [5, 5.41) is 22.0. The van der Waals surface area contributed by atoms with Gasteiger partial charge in [0.2, 0.25) is 0 Å². The fourth-order valence-corrected chi connectivity index (χ4v) is 2.01. The second-order valence-electron chi connectivity index (χ2n) is 4.44.